The molecule has 9 heavy (non-hydrogen) atoms. The Morgan fingerprint density at radius 1 is 1.78 bits per heavy atom. The highest BCUT2D eigenvalue weighted by Gasteiger charge is 2.28. The van der Waals surface area contributed by atoms with E-state index in [4.69, 9.17) is 5.11 Å². The molecule has 0 radical (unpaired) electrons. The summed E-state index contributed by atoms with van der Waals surface area (Å²) in [7, 11) is 0. The zero-order valence-electron chi connectivity index (χ0n) is 4.80. The van der Waals surface area contributed by atoms with E-state index in [0.717, 1.165) is 0 Å². The Labute approximate surface area is 51.9 Å². The molecule has 0 saturated carbocycles. The lowest BCUT2D eigenvalue weighted by Crippen LogP contribution is -2.29. The van der Waals surface area contributed by atoms with Gasteiger partial charge in [-0.3, -0.25) is 4.79 Å². The largest absolute Gasteiger partial charge is 0.480 e. The van der Waals surface area contributed by atoms with E-state index in [1.54, 1.807) is 0 Å². The van der Waals surface area contributed by atoms with Gasteiger partial charge < -0.3 is 10.4 Å². The van der Waals surface area contributed by atoms with Crippen molar-refractivity contribution in [3.8, 4) is 0 Å². The minimum atomic E-state index is -0.980. The Hall–Kier alpha value is -0.640. The van der Waals surface area contributed by atoms with Crippen LogP contribution in [0.4, 0.5) is 4.39 Å². The van der Waals surface area contributed by atoms with E-state index in [9.17, 15) is 9.18 Å². The molecule has 0 aromatic heterocycles. The van der Waals surface area contributed by atoms with Gasteiger partial charge in [0.05, 0.1) is 0 Å². The third kappa shape index (κ3) is 1.38. The van der Waals surface area contributed by atoms with Crippen LogP contribution in [0.2, 0.25) is 0 Å². The van der Waals surface area contributed by atoms with Crippen LogP contribution in [0.3, 0.4) is 0 Å². The predicted octanol–water partition coefficient (Wildman–Crippen LogP) is -0.229. The van der Waals surface area contributed by atoms with Crippen molar-refractivity contribution in [3.63, 3.8) is 0 Å². The summed E-state index contributed by atoms with van der Waals surface area (Å²) in [6.45, 7) is 0.178. The monoisotopic (exact) mass is 132 g/mol. The normalized spacial score (nSPS) is 34.8. The molecule has 0 amide bonds. The molecule has 0 bridgehead atoms. The lowest BCUT2D eigenvalue weighted by Gasteiger charge is -1.99. The second-order valence-corrected chi connectivity index (χ2v) is 2.13. The van der Waals surface area contributed by atoms with E-state index in [1.807, 2.05) is 0 Å². The minimum Gasteiger partial charge on any atom is -0.480 e. The molecule has 0 unspecified atom stereocenters. The van der Waals surface area contributed by atoms with E-state index >= 15 is 0 Å². The van der Waals surface area contributed by atoms with Crippen LogP contribution >= 0.6 is 0 Å². The van der Waals surface area contributed by atoms with Crippen molar-refractivity contribution >= 4 is 5.97 Å². The minimum absolute atomic E-state index is 0.106. The molecule has 4 heteroatoms. The van der Waals surface area contributed by atoms with Crippen LogP contribution in [0, 0.1) is 0 Å². The van der Waals surface area contributed by atoms with Crippen LogP contribution in [0.25, 0.3) is 0 Å². The van der Waals surface area contributed by atoms with Crippen molar-refractivity contribution in [2.45, 2.75) is 18.6 Å². The Bertz CT molecular complexity index is 128. The molecule has 3 nitrogen and oxygen atoms in total. The molecule has 1 fully saturated rings. The molecule has 0 aromatic carbocycles. The Morgan fingerprint density at radius 3 is 2.67 bits per heavy atom. The van der Waals surface area contributed by atoms with Gasteiger partial charge in [-0.1, -0.05) is 0 Å². The molecule has 2 N–H and O–H groups in total. The number of hydrogen-bond donors (Lipinski definition) is 2. The van der Waals surface area contributed by atoms with Crippen LogP contribution in [-0.4, -0.2) is 29.8 Å². The standard InChI is InChI=1S/C5H8FNO2/c6-3-1-4(5(8)9)7-2-3/h3-4,7H,1-2H2,(H,8,9)/t3-,4+/m0/s1/i6-1. The number of nitrogens with one attached hydrogen (secondary N) is 1. The van der Waals surface area contributed by atoms with Crippen molar-refractivity contribution in [2.75, 3.05) is 6.54 Å². The highest BCUT2D eigenvalue weighted by Crippen LogP contribution is 2.09. The third-order valence-corrected chi connectivity index (χ3v) is 1.38. The van der Waals surface area contributed by atoms with Gasteiger partial charge in [0, 0.05) is 13.0 Å². The van der Waals surface area contributed by atoms with Gasteiger partial charge in [0.2, 0.25) is 0 Å². The molecule has 1 saturated heterocycles. The lowest BCUT2D eigenvalue weighted by atomic mass is 10.2. The number of carbonyl (C=O) groups is 1. The molecule has 1 aliphatic rings. The molecule has 52 valence electrons. The van der Waals surface area contributed by atoms with Gasteiger partial charge in [-0.15, -0.1) is 0 Å². The number of carboxylic acid groups (broad SMARTS) is 1. The fraction of sp³-hybridized carbons (Fsp3) is 0.800. The summed E-state index contributed by atoms with van der Waals surface area (Å²) in [5, 5.41) is 10.8. The highest BCUT2D eigenvalue weighted by atomic mass is 18.2. The van der Waals surface area contributed by atoms with E-state index < -0.39 is 18.2 Å². The maximum Gasteiger partial charge on any atom is 0.320 e. The number of rotatable bonds is 1. The van der Waals surface area contributed by atoms with E-state index in [1.165, 1.54) is 0 Å². The molecule has 0 aliphatic carbocycles. The average Bonchev–Trinajstić information content (AvgIpc) is 2.14. The molecule has 1 rings (SSSR count). The van der Waals surface area contributed by atoms with E-state index in [2.05, 4.69) is 5.32 Å². The van der Waals surface area contributed by atoms with Gasteiger partial charge in [0.15, 0.2) is 0 Å². The molecule has 1 aliphatic heterocycles. The number of carboxylic acids is 1. The summed E-state index contributed by atoms with van der Waals surface area (Å²) in [6.07, 6.45) is -0.874. The SMILES string of the molecule is O=C(O)[C@H]1C[C@H]([18F])CN1. The maximum absolute atomic E-state index is 12.2. The Morgan fingerprint density at radius 2 is 2.44 bits per heavy atom. The number of aliphatic carboxylic acids is 1. The van der Waals surface area contributed by atoms with Crippen LogP contribution in [-0.2, 0) is 4.79 Å². The fourth-order valence-corrected chi connectivity index (χ4v) is 0.881. The van der Waals surface area contributed by atoms with Gasteiger partial charge in [-0.2, -0.15) is 0 Å². The molecule has 2 atom stereocenters. The van der Waals surface area contributed by atoms with Crippen LogP contribution in [0.15, 0.2) is 0 Å². The van der Waals surface area contributed by atoms with Crippen molar-refractivity contribution in [2.24, 2.45) is 0 Å². The first kappa shape index (κ1) is 6.48. The number of hydrogen-bond acceptors (Lipinski definition) is 2. The van der Waals surface area contributed by atoms with Gasteiger partial charge in [-0.25, -0.2) is 4.39 Å². The lowest BCUT2D eigenvalue weighted by molar-refractivity contribution is -0.139. The van der Waals surface area contributed by atoms with Gasteiger partial charge in [0.1, 0.15) is 12.2 Å². The van der Waals surface area contributed by atoms with Gasteiger partial charge >= 0.3 is 5.97 Å². The summed E-state index contributed by atoms with van der Waals surface area (Å²) in [6, 6.07) is -0.667. The number of alkyl halides is 1. The molecular formula is C5H8FNO2. The molecule has 1 heterocycles. The van der Waals surface area contributed by atoms with Crippen molar-refractivity contribution in [1.29, 1.82) is 0 Å². The third-order valence-electron chi connectivity index (χ3n) is 1.38. The van der Waals surface area contributed by atoms with Crippen molar-refractivity contribution < 1.29 is 14.3 Å². The predicted molar refractivity (Wildman–Crippen MR) is 28.9 cm³/mol. The quantitative estimate of drug-likeness (QED) is 0.518. The first-order valence-electron chi connectivity index (χ1n) is 2.80. The van der Waals surface area contributed by atoms with E-state index in [0.29, 0.717) is 0 Å². The zero-order valence-corrected chi connectivity index (χ0v) is 4.80. The topological polar surface area (TPSA) is 49.3 Å². The Kier molecular flexibility index (Phi) is 1.66. The van der Waals surface area contributed by atoms with Gasteiger partial charge in [-0.05, 0) is 0 Å². The smallest absolute Gasteiger partial charge is 0.320 e. The van der Waals surface area contributed by atoms with Crippen molar-refractivity contribution in [3.05, 3.63) is 0 Å². The number of halogens is 1. The highest BCUT2D eigenvalue weighted by molar-refractivity contribution is 5.73. The molecule has 0 aromatic rings. The summed E-state index contributed by atoms with van der Waals surface area (Å²) in [5.74, 6) is -0.963. The Balaban J connectivity index is 2.39. The van der Waals surface area contributed by atoms with Crippen LogP contribution in [0.1, 0.15) is 6.42 Å². The second-order valence-electron chi connectivity index (χ2n) is 2.13. The fourth-order valence-electron chi connectivity index (χ4n) is 0.881. The van der Waals surface area contributed by atoms with Crippen LogP contribution in [0.5, 0.6) is 0 Å². The van der Waals surface area contributed by atoms with Gasteiger partial charge in [0.25, 0.3) is 0 Å². The first-order chi connectivity index (χ1) is 4.20. The summed E-state index contributed by atoms with van der Waals surface area (Å²) < 4.78 is 12.2. The summed E-state index contributed by atoms with van der Waals surface area (Å²) >= 11 is 0. The first-order valence-corrected chi connectivity index (χ1v) is 2.80. The molecular weight excluding hydrogens is 124 g/mol. The summed E-state index contributed by atoms with van der Waals surface area (Å²) in [5.41, 5.74) is 0. The molecule has 0 spiro atoms. The summed E-state index contributed by atoms with van der Waals surface area (Å²) in [4.78, 5) is 10.1. The van der Waals surface area contributed by atoms with E-state index in [-0.39, 0.29) is 13.0 Å². The van der Waals surface area contributed by atoms with Crippen LogP contribution < -0.4 is 5.32 Å². The second kappa shape index (κ2) is 2.31. The maximum atomic E-state index is 12.2. The average molecular weight is 132 g/mol. The van der Waals surface area contributed by atoms with Crippen molar-refractivity contribution in [1.82, 2.24) is 5.32 Å². The zero-order chi connectivity index (χ0) is 6.85.